The largest absolute Gasteiger partial charge is 0.481 e. The van der Waals surface area contributed by atoms with Gasteiger partial charge >= 0.3 is 11.9 Å². The Morgan fingerprint density at radius 3 is 2.24 bits per heavy atom. The fourth-order valence-electron chi connectivity index (χ4n) is 2.14. The standard InChI is InChI=1S/C16H19FN2O6/c1-9(20)18-13(8-10-4-2-3-5-11(10)17)15(23)19-12(16(24)25)6-7-14(21)22/h2-5,12-13H,6-8H2,1H3,(H,18,20)(H,19,23)(H,21,22)(H,24,25)/t12-,13+/m0/s1. The van der Waals surface area contributed by atoms with Crippen molar-refractivity contribution in [3.05, 3.63) is 35.6 Å². The molecule has 0 radical (unpaired) electrons. The van der Waals surface area contributed by atoms with Crippen LogP contribution < -0.4 is 10.6 Å². The highest BCUT2D eigenvalue weighted by Gasteiger charge is 2.27. The van der Waals surface area contributed by atoms with Gasteiger partial charge in [0.15, 0.2) is 0 Å². The molecule has 2 amide bonds. The van der Waals surface area contributed by atoms with E-state index in [2.05, 4.69) is 10.6 Å². The Hall–Kier alpha value is -2.97. The SMILES string of the molecule is CC(=O)N[C@H](Cc1ccccc1F)C(=O)N[C@@H](CCC(=O)O)C(=O)O. The molecule has 0 saturated heterocycles. The van der Waals surface area contributed by atoms with Crippen LogP contribution in [0.2, 0.25) is 0 Å². The summed E-state index contributed by atoms with van der Waals surface area (Å²) in [6.45, 7) is 1.17. The Labute approximate surface area is 143 Å². The van der Waals surface area contributed by atoms with Gasteiger partial charge in [0.1, 0.15) is 17.9 Å². The van der Waals surface area contributed by atoms with Gasteiger partial charge in [-0.1, -0.05) is 18.2 Å². The van der Waals surface area contributed by atoms with Gasteiger partial charge in [0.2, 0.25) is 11.8 Å². The van der Waals surface area contributed by atoms with E-state index >= 15 is 0 Å². The Morgan fingerprint density at radius 2 is 1.72 bits per heavy atom. The molecule has 2 atom stereocenters. The average Bonchev–Trinajstić information content (AvgIpc) is 2.51. The maximum Gasteiger partial charge on any atom is 0.326 e. The molecule has 0 aliphatic heterocycles. The van der Waals surface area contributed by atoms with Gasteiger partial charge in [0.05, 0.1) is 0 Å². The molecular weight excluding hydrogens is 335 g/mol. The van der Waals surface area contributed by atoms with Gasteiger partial charge < -0.3 is 20.8 Å². The maximum absolute atomic E-state index is 13.7. The third kappa shape index (κ3) is 6.98. The minimum atomic E-state index is -1.43. The van der Waals surface area contributed by atoms with E-state index in [9.17, 15) is 23.6 Å². The molecule has 25 heavy (non-hydrogen) atoms. The van der Waals surface area contributed by atoms with Crippen LogP contribution in [0, 0.1) is 5.82 Å². The number of nitrogens with one attached hydrogen (secondary N) is 2. The summed E-state index contributed by atoms with van der Waals surface area (Å²) in [6, 6.07) is 3.05. The minimum absolute atomic E-state index is 0.175. The number of rotatable bonds is 9. The summed E-state index contributed by atoms with van der Waals surface area (Å²) in [5.41, 5.74) is 0.175. The fraction of sp³-hybridized carbons (Fsp3) is 0.375. The zero-order valence-corrected chi connectivity index (χ0v) is 13.5. The minimum Gasteiger partial charge on any atom is -0.481 e. The number of aliphatic carboxylic acids is 2. The van der Waals surface area contributed by atoms with Crippen LogP contribution in [-0.2, 0) is 25.6 Å². The normalized spacial score (nSPS) is 12.7. The first-order valence-electron chi connectivity index (χ1n) is 7.46. The second-order valence-electron chi connectivity index (χ2n) is 5.38. The Balaban J connectivity index is 2.87. The number of carboxylic acid groups (broad SMARTS) is 2. The molecule has 0 aromatic heterocycles. The molecule has 9 heteroatoms. The average molecular weight is 354 g/mol. The van der Waals surface area contributed by atoms with Crippen LogP contribution in [0.25, 0.3) is 0 Å². The van der Waals surface area contributed by atoms with E-state index < -0.39 is 48.1 Å². The summed E-state index contributed by atoms with van der Waals surface area (Å²) >= 11 is 0. The van der Waals surface area contributed by atoms with Crippen molar-refractivity contribution in [3.63, 3.8) is 0 Å². The number of benzene rings is 1. The molecule has 0 aliphatic carbocycles. The molecule has 0 bridgehead atoms. The van der Waals surface area contributed by atoms with Gasteiger partial charge in [-0.3, -0.25) is 14.4 Å². The number of hydrogen-bond donors (Lipinski definition) is 4. The molecule has 136 valence electrons. The van der Waals surface area contributed by atoms with Crippen molar-refractivity contribution in [1.82, 2.24) is 10.6 Å². The van der Waals surface area contributed by atoms with Gasteiger partial charge in [-0.25, -0.2) is 9.18 Å². The molecule has 0 unspecified atom stereocenters. The first-order valence-corrected chi connectivity index (χ1v) is 7.46. The summed E-state index contributed by atoms with van der Waals surface area (Å²) in [6.07, 6.45) is -0.943. The van der Waals surface area contributed by atoms with Crippen LogP contribution >= 0.6 is 0 Å². The van der Waals surface area contributed by atoms with Gasteiger partial charge in [0, 0.05) is 19.8 Å². The molecule has 1 rings (SSSR count). The quantitative estimate of drug-likeness (QED) is 0.504. The lowest BCUT2D eigenvalue weighted by Gasteiger charge is -2.21. The zero-order valence-electron chi connectivity index (χ0n) is 13.5. The summed E-state index contributed by atoms with van der Waals surface area (Å²) in [4.78, 5) is 45.3. The van der Waals surface area contributed by atoms with E-state index in [4.69, 9.17) is 10.2 Å². The van der Waals surface area contributed by atoms with Crippen LogP contribution in [0.15, 0.2) is 24.3 Å². The van der Waals surface area contributed by atoms with Crippen molar-refractivity contribution in [1.29, 1.82) is 0 Å². The molecule has 0 fully saturated rings. The van der Waals surface area contributed by atoms with Crippen LogP contribution in [0.5, 0.6) is 0 Å². The number of carbonyl (C=O) groups excluding carboxylic acids is 2. The number of carbonyl (C=O) groups is 4. The monoisotopic (exact) mass is 354 g/mol. The number of amides is 2. The highest BCUT2D eigenvalue weighted by Crippen LogP contribution is 2.10. The van der Waals surface area contributed by atoms with Crippen molar-refractivity contribution in [2.24, 2.45) is 0 Å². The Bertz CT molecular complexity index is 664. The lowest BCUT2D eigenvalue weighted by atomic mass is 10.0. The van der Waals surface area contributed by atoms with Gasteiger partial charge in [-0.15, -0.1) is 0 Å². The molecule has 0 aliphatic rings. The molecule has 1 aromatic carbocycles. The molecule has 0 saturated carbocycles. The number of hydrogen-bond acceptors (Lipinski definition) is 4. The molecular formula is C16H19FN2O6. The Morgan fingerprint density at radius 1 is 1.08 bits per heavy atom. The predicted octanol–water partition coefficient (Wildman–Crippen LogP) is 0.307. The van der Waals surface area contributed by atoms with Crippen LogP contribution in [-0.4, -0.2) is 46.0 Å². The van der Waals surface area contributed by atoms with Crippen molar-refractivity contribution >= 4 is 23.8 Å². The Kier molecular flexibility index (Phi) is 7.51. The fourth-order valence-corrected chi connectivity index (χ4v) is 2.14. The predicted molar refractivity (Wildman–Crippen MR) is 84.1 cm³/mol. The summed E-state index contributed by atoms with van der Waals surface area (Å²) in [5, 5.41) is 22.2. The topological polar surface area (TPSA) is 133 Å². The molecule has 1 aromatic rings. The third-order valence-corrected chi connectivity index (χ3v) is 3.34. The summed E-state index contributed by atoms with van der Waals surface area (Å²) < 4.78 is 13.7. The van der Waals surface area contributed by atoms with Gasteiger partial charge in [0.25, 0.3) is 0 Å². The van der Waals surface area contributed by atoms with Crippen molar-refractivity contribution < 1.29 is 33.8 Å². The summed E-state index contributed by atoms with van der Waals surface area (Å²) in [7, 11) is 0. The first-order chi connectivity index (χ1) is 11.7. The van der Waals surface area contributed by atoms with Gasteiger partial charge in [-0.05, 0) is 18.1 Å². The first kappa shape index (κ1) is 20.1. The third-order valence-electron chi connectivity index (χ3n) is 3.34. The smallest absolute Gasteiger partial charge is 0.326 e. The maximum atomic E-state index is 13.7. The molecule has 0 spiro atoms. The molecule has 8 nitrogen and oxygen atoms in total. The van der Waals surface area contributed by atoms with Crippen LogP contribution in [0.4, 0.5) is 4.39 Å². The van der Waals surface area contributed by atoms with E-state index in [1.54, 1.807) is 6.07 Å². The number of halogens is 1. The molecule has 4 N–H and O–H groups in total. The van der Waals surface area contributed by atoms with E-state index in [1.165, 1.54) is 25.1 Å². The highest BCUT2D eigenvalue weighted by atomic mass is 19.1. The second kappa shape index (κ2) is 9.36. The summed E-state index contributed by atoms with van der Waals surface area (Å²) in [5.74, 6) is -4.55. The van der Waals surface area contributed by atoms with Crippen molar-refractivity contribution in [2.45, 2.75) is 38.3 Å². The van der Waals surface area contributed by atoms with Crippen molar-refractivity contribution in [3.8, 4) is 0 Å². The highest BCUT2D eigenvalue weighted by molar-refractivity contribution is 5.90. The lowest BCUT2D eigenvalue weighted by Crippen LogP contribution is -2.52. The van der Waals surface area contributed by atoms with Crippen molar-refractivity contribution in [2.75, 3.05) is 0 Å². The second-order valence-corrected chi connectivity index (χ2v) is 5.38. The van der Waals surface area contributed by atoms with Crippen LogP contribution in [0.3, 0.4) is 0 Å². The molecule has 0 heterocycles. The number of carboxylic acids is 2. The lowest BCUT2D eigenvalue weighted by molar-refractivity contribution is -0.143. The zero-order chi connectivity index (χ0) is 19.0. The van der Waals surface area contributed by atoms with Crippen LogP contribution in [0.1, 0.15) is 25.3 Å². The van der Waals surface area contributed by atoms with E-state index in [1.807, 2.05) is 0 Å². The van der Waals surface area contributed by atoms with E-state index in [-0.39, 0.29) is 18.4 Å². The van der Waals surface area contributed by atoms with Gasteiger partial charge in [-0.2, -0.15) is 0 Å². The van der Waals surface area contributed by atoms with E-state index in [0.717, 1.165) is 0 Å². The van der Waals surface area contributed by atoms with E-state index in [0.29, 0.717) is 0 Å².